The molecule has 1 N–H and O–H groups in total. The fourth-order valence-electron chi connectivity index (χ4n) is 3.55. The molecule has 5 heteroatoms. The summed E-state index contributed by atoms with van der Waals surface area (Å²) in [7, 11) is 0. The van der Waals surface area contributed by atoms with E-state index in [1.165, 1.54) is 0 Å². The van der Waals surface area contributed by atoms with Crippen LogP contribution < -0.4 is 5.32 Å². The third kappa shape index (κ3) is 3.49. The van der Waals surface area contributed by atoms with Crippen LogP contribution in [-0.4, -0.2) is 17.9 Å². The fourth-order valence-corrected chi connectivity index (χ4v) is 3.75. The number of benzene rings is 1. The summed E-state index contributed by atoms with van der Waals surface area (Å²) in [4.78, 5) is 25.5. The van der Waals surface area contributed by atoms with Crippen molar-refractivity contribution in [2.75, 3.05) is 0 Å². The first kappa shape index (κ1) is 17.7. The number of esters is 1. The Morgan fingerprint density at radius 2 is 2.08 bits per heavy atom. The van der Waals surface area contributed by atoms with Crippen LogP contribution in [0.2, 0.25) is 5.02 Å². The van der Waals surface area contributed by atoms with E-state index in [1.807, 2.05) is 39.0 Å². The number of rotatable bonds is 3. The van der Waals surface area contributed by atoms with Crippen molar-refractivity contribution >= 4 is 23.4 Å². The highest BCUT2D eigenvalue weighted by molar-refractivity contribution is 6.30. The molecule has 0 unspecified atom stereocenters. The van der Waals surface area contributed by atoms with Crippen LogP contribution in [0, 0.1) is 0 Å². The Hall–Kier alpha value is -2.07. The van der Waals surface area contributed by atoms with Gasteiger partial charge in [-0.2, -0.15) is 0 Å². The molecule has 1 aromatic rings. The van der Waals surface area contributed by atoms with E-state index in [-0.39, 0.29) is 11.9 Å². The molecule has 1 atom stereocenters. The summed E-state index contributed by atoms with van der Waals surface area (Å²) in [5.74, 6) is -0.745. The van der Waals surface area contributed by atoms with E-state index in [0.29, 0.717) is 22.6 Å². The lowest BCUT2D eigenvalue weighted by Gasteiger charge is -2.34. The molecule has 1 aliphatic heterocycles. The van der Waals surface area contributed by atoms with Crippen molar-refractivity contribution in [3.8, 4) is 0 Å². The summed E-state index contributed by atoms with van der Waals surface area (Å²) in [6.45, 7) is 5.49. The highest BCUT2D eigenvalue weighted by Crippen LogP contribution is 2.42. The quantitative estimate of drug-likeness (QED) is 0.819. The molecule has 0 aromatic heterocycles. The van der Waals surface area contributed by atoms with Gasteiger partial charge < -0.3 is 10.1 Å². The van der Waals surface area contributed by atoms with Gasteiger partial charge in [0.1, 0.15) is 0 Å². The SMILES string of the molecule is CC1=C(C(=O)OC(C)C)[C@H](c2cccc(Cl)c2)C2=C(CCCC2=O)N1. The highest BCUT2D eigenvalue weighted by atomic mass is 35.5. The molecule has 132 valence electrons. The number of hydrogen-bond acceptors (Lipinski definition) is 4. The maximum atomic E-state index is 12.8. The zero-order chi connectivity index (χ0) is 18.1. The van der Waals surface area contributed by atoms with Gasteiger partial charge in [0.05, 0.1) is 11.7 Å². The molecule has 1 aromatic carbocycles. The molecular weight excluding hydrogens is 338 g/mol. The number of halogens is 1. The largest absolute Gasteiger partial charge is 0.460 e. The van der Waals surface area contributed by atoms with Gasteiger partial charge in [0.2, 0.25) is 0 Å². The second-order valence-corrected chi connectivity index (χ2v) is 7.21. The number of ketones is 1. The maximum absolute atomic E-state index is 12.8. The number of Topliss-reactive ketones (excluding diaryl/α,β-unsaturated/α-hetero) is 1. The van der Waals surface area contributed by atoms with Gasteiger partial charge in [-0.15, -0.1) is 0 Å². The number of ether oxygens (including phenoxy) is 1. The zero-order valence-corrected chi connectivity index (χ0v) is 15.4. The van der Waals surface area contributed by atoms with Crippen molar-refractivity contribution in [1.29, 1.82) is 0 Å². The third-order valence-corrected chi connectivity index (χ3v) is 4.76. The average Bonchev–Trinajstić information content (AvgIpc) is 2.53. The van der Waals surface area contributed by atoms with Crippen molar-refractivity contribution in [1.82, 2.24) is 5.32 Å². The molecule has 0 amide bonds. The van der Waals surface area contributed by atoms with Gasteiger partial charge in [-0.05, 0) is 51.3 Å². The first-order valence-electron chi connectivity index (χ1n) is 8.59. The molecule has 1 heterocycles. The lowest BCUT2D eigenvalue weighted by molar-refractivity contribution is -0.143. The summed E-state index contributed by atoms with van der Waals surface area (Å²) >= 11 is 6.17. The Morgan fingerprint density at radius 3 is 2.76 bits per heavy atom. The second kappa shape index (κ2) is 7.04. The summed E-state index contributed by atoms with van der Waals surface area (Å²) in [6.07, 6.45) is 1.90. The van der Waals surface area contributed by atoms with Gasteiger partial charge in [0, 0.05) is 34.3 Å². The Labute approximate surface area is 152 Å². The molecule has 0 bridgehead atoms. The molecule has 3 rings (SSSR count). The predicted molar refractivity (Wildman–Crippen MR) is 97.1 cm³/mol. The smallest absolute Gasteiger partial charge is 0.337 e. The minimum Gasteiger partial charge on any atom is -0.460 e. The number of dihydropyridines is 1. The van der Waals surface area contributed by atoms with Crippen LogP contribution in [0.1, 0.15) is 51.5 Å². The van der Waals surface area contributed by atoms with E-state index in [0.717, 1.165) is 29.8 Å². The third-order valence-electron chi connectivity index (χ3n) is 4.52. The first-order valence-corrected chi connectivity index (χ1v) is 8.96. The molecule has 0 fully saturated rings. The van der Waals surface area contributed by atoms with Crippen LogP contribution in [0.25, 0.3) is 0 Å². The van der Waals surface area contributed by atoms with E-state index in [2.05, 4.69) is 5.32 Å². The minimum absolute atomic E-state index is 0.0843. The van der Waals surface area contributed by atoms with Gasteiger partial charge in [0.15, 0.2) is 5.78 Å². The molecule has 0 radical (unpaired) electrons. The van der Waals surface area contributed by atoms with E-state index < -0.39 is 11.9 Å². The monoisotopic (exact) mass is 359 g/mol. The summed E-state index contributed by atoms with van der Waals surface area (Å²) in [5.41, 5.74) is 3.66. The topological polar surface area (TPSA) is 55.4 Å². The van der Waals surface area contributed by atoms with Crippen LogP contribution in [-0.2, 0) is 14.3 Å². The van der Waals surface area contributed by atoms with Crippen LogP contribution in [0.4, 0.5) is 0 Å². The van der Waals surface area contributed by atoms with Crippen molar-refractivity contribution < 1.29 is 14.3 Å². The number of carbonyl (C=O) groups excluding carboxylic acids is 2. The Balaban J connectivity index is 2.15. The molecule has 25 heavy (non-hydrogen) atoms. The Bertz CT molecular complexity index is 792. The van der Waals surface area contributed by atoms with Crippen LogP contribution in [0.15, 0.2) is 46.8 Å². The van der Waals surface area contributed by atoms with Gasteiger partial charge in [-0.25, -0.2) is 4.79 Å². The lowest BCUT2D eigenvalue weighted by atomic mass is 9.75. The molecule has 1 aliphatic carbocycles. The standard InChI is InChI=1S/C20H22ClNO3/c1-11(2)25-20(24)17-12(3)22-15-8-5-9-16(23)19(15)18(17)13-6-4-7-14(21)10-13/h4,6-7,10-11,18,22H,5,8-9H2,1-3H3/t18-/m0/s1. The number of nitrogens with one attached hydrogen (secondary N) is 1. The lowest BCUT2D eigenvalue weighted by Crippen LogP contribution is -2.34. The maximum Gasteiger partial charge on any atom is 0.337 e. The van der Waals surface area contributed by atoms with Gasteiger partial charge in [-0.3, -0.25) is 4.79 Å². The van der Waals surface area contributed by atoms with Crippen molar-refractivity contribution in [3.05, 3.63) is 57.4 Å². The van der Waals surface area contributed by atoms with E-state index in [9.17, 15) is 9.59 Å². The van der Waals surface area contributed by atoms with E-state index in [4.69, 9.17) is 16.3 Å². The minimum atomic E-state index is -0.436. The molecule has 0 saturated heterocycles. The van der Waals surface area contributed by atoms with Gasteiger partial charge in [-0.1, -0.05) is 23.7 Å². The molecule has 4 nitrogen and oxygen atoms in total. The number of carbonyl (C=O) groups is 2. The summed E-state index contributed by atoms with van der Waals surface area (Å²) in [6, 6.07) is 7.35. The molecule has 0 spiro atoms. The van der Waals surface area contributed by atoms with Crippen molar-refractivity contribution in [3.63, 3.8) is 0 Å². The van der Waals surface area contributed by atoms with Crippen LogP contribution in [0.5, 0.6) is 0 Å². The van der Waals surface area contributed by atoms with E-state index >= 15 is 0 Å². The fraction of sp³-hybridized carbons (Fsp3) is 0.400. The Morgan fingerprint density at radius 1 is 1.32 bits per heavy atom. The summed E-state index contributed by atoms with van der Waals surface area (Å²) in [5, 5.41) is 3.85. The summed E-state index contributed by atoms with van der Waals surface area (Å²) < 4.78 is 5.45. The Kier molecular flexibility index (Phi) is 5.00. The first-order chi connectivity index (χ1) is 11.9. The number of allylic oxidation sites excluding steroid dienone is 3. The highest BCUT2D eigenvalue weighted by Gasteiger charge is 2.39. The predicted octanol–water partition coefficient (Wildman–Crippen LogP) is 4.26. The van der Waals surface area contributed by atoms with Gasteiger partial charge >= 0.3 is 5.97 Å². The van der Waals surface area contributed by atoms with Crippen molar-refractivity contribution in [2.45, 2.75) is 52.1 Å². The molecular formula is C20H22ClNO3. The molecule has 0 saturated carbocycles. The zero-order valence-electron chi connectivity index (χ0n) is 14.7. The number of hydrogen-bond donors (Lipinski definition) is 1. The molecule has 2 aliphatic rings. The van der Waals surface area contributed by atoms with Crippen LogP contribution in [0.3, 0.4) is 0 Å². The van der Waals surface area contributed by atoms with Crippen molar-refractivity contribution in [2.24, 2.45) is 0 Å². The van der Waals surface area contributed by atoms with Crippen LogP contribution >= 0.6 is 11.6 Å². The van der Waals surface area contributed by atoms with Gasteiger partial charge in [0.25, 0.3) is 0 Å². The second-order valence-electron chi connectivity index (χ2n) is 6.77. The van der Waals surface area contributed by atoms with E-state index in [1.54, 1.807) is 6.07 Å². The average molecular weight is 360 g/mol. The normalized spacial score (nSPS) is 20.5.